The van der Waals surface area contributed by atoms with Crippen LogP contribution in [-0.4, -0.2) is 5.11 Å². The minimum atomic E-state index is -0.883. The maximum absolute atomic E-state index is 10.5. The fourth-order valence-electron chi connectivity index (χ4n) is 1.79. The molecule has 1 atom stereocenters. The first kappa shape index (κ1) is 15.8. The van der Waals surface area contributed by atoms with Crippen LogP contribution in [0.4, 0.5) is 0 Å². The molecule has 1 rings (SSSR count). The van der Waals surface area contributed by atoms with Crippen molar-refractivity contribution in [1.29, 1.82) is 0 Å². The third-order valence-corrected chi connectivity index (χ3v) is 2.67. The molecule has 0 amide bonds. The second-order valence-electron chi connectivity index (χ2n) is 3.80. The zero-order valence-electron chi connectivity index (χ0n) is 10.2. The van der Waals surface area contributed by atoms with Gasteiger partial charge in [-0.2, -0.15) is 6.42 Å². The second-order valence-corrected chi connectivity index (χ2v) is 3.80. The van der Waals surface area contributed by atoms with Crippen LogP contribution in [0, 0.1) is 6.08 Å². The predicted molar refractivity (Wildman–Crippen MR) is 63.4 cm³/mol. The third-order valence-electron chi connectivity index (χ3n) is 2.67. The number of benzene rings is 1. The molecule has 0 aliphatic rings. The van der Waals surface area contributed by atoms with Crippen LogP contribution in [0.5, 0.6) is 0 Å². The molecule has 2 heteroatoms. The van der Waals surface area contributed by atoms with Crippen LogP contribution in [0.2, 0.25) is 0 Å². The number of rotatable bonds is 4. The molecular formula is C14H19OZr-. The fraction of sp³-hybridized carbons (Fsp3) is 0.429. The van der Waals surface area contributed by atoms with Crippen LogP contribution < -0.4 is 0 Å². The van der Waals surface area contributed by atoms with Crippen LogP contribution in [0.25, 0.3) is 0 Å². The van der Waals surface area contributed by atoms with Crippen LogP contribution in [0.15, 0.2) is 35.9 Å². The monoisotopic (exact) mass is 293 g/mol. The van der Waals surface area contributed by atoms with Crippen molar-refractivity contribution in [1.82, 2.24) is 0 Å². The predicted octanol–water partition coefficient (Wildman–Crippen LogP) is 3.44. The van der Waals surface area contributed by atoms with Crippen molar-refractivity contribution in [3.8, 4) is 0 Å². The van der Waals surface area contributed by atoms with E-state index in [9.17, 15) is 5.11 Å². The summed E-state index contributed by atoms with van der Waals surface area (Å²) in [5.41, 5.74) is 1.02. The molecule has 0 bridgehead atoms. The van der Waals surface area contributed by atoms with Crippen LogP contribution in [0.1, 0.15) is 39.2 Å². The summed E-state index contributed by atoms with van der Waals surface area (Å²) in [5.74, 6) is 0. The zero-order valence-corrected chi connectivity index (χ0v) is 12.7. The van der Waals surface area contributed by atoms with Gasteiger partial charge in [-0.3, -0.25) is 0 Å². The summed E-state index contributed by atoms with van der Waals surface area (Å²) in [6.45, 7) is 5.93. The largest absolute Gasteiger partial charge is 0.494 e. The average Bonchev–Trinajstić information content (AvgIpc) is 2.27. The Bertz CT molecular complexity index is 328. The molecule has 1 unspecified atom stereocenters. The van der Waals surface area contributed by atoms with Gasteiger partial charge in [0, 0.05) is 26.2 Å². The summed E-state index contributed by atoms with van der Waals surface area (Å²) in [5, 5.41) is 10.5. The molecular weight excluding hydrogens is 275 g/mol. The van der Waals surface area contributed by atoms with Gasteiger partial charge in [0.1, 0.15) is 0 Å². The first-order chi connectivity index (χ1) is 7.12. The first-order valence-corrected chi connectivity index (χ1v) is 5.51. The zero-order chi connectivity index (χ0) is 11.3. The van der Waals surface area contributed by atoms with E-state index in [-0.39, 0.29) is 26.2 Å². The molecule has 0 fully saturated rings. The van der Waals surface area contributed by atoms with E-state index < -0.39 is 5.60 Å². The smallest absolute Gasteiger partial charge is 0.0764 e. The van der Waals surface area contributed by atoms with Gasteiger partial charge in [0.15, 0.2) is 0 Å². The minimum absolute atomic E-state index is 0. The Balaban J connectivity index is 0.00000225. The van der Waals surface area contributed by atoms with E-state index in [0.717, 1.165) is 24.0 Å². The molecule has 0 radical (unpaired) electrons. The van der Waals surface area contributed by atoms with Gasteiger partial charge < -0.3 is 11.2 Å². The molecule has 0 aliphatic heterocycles. The van der Waals surface area contributed by atoms with Crippen molar-refractivity contribution < 1.29 is 31.3 Å². The molecule has 1 aromatic rings. The van der Waals surface area contributed by atoms with E-state index >= 15 is 0 Å². The molecule has 86 valence electrons. The van der Waals surface area contributed by atoms with Crippen LogP contribution in [-0.2, 0) is 31.8 Å². The van der Waals surface area contributed by atoms with Gasteiger partial charge in [-0.25, -0.2) is 5.57 Å². The van der Waals surface area contributed by atoms with Gasteiger partial charge in [-0.05, 0) is 12.5 Å². The molecule has 0 saturated carbocycles. The summed E-state index contributed by atoms with van der Waals surface area (Å²) in [6.07, 6.45) is 4.91. The maximum atomic E-state index is 10.5. The molecule has 1 N–H and O–H groups in total. The fourth-order valence-corrected chi connectivity index (χ4v) is 1.79. The third kappa shape index (κ3) is 3.68. The van der Waals surface area contributed by atoms with E-state index in [4.69, 9.17) is 0 Å². The van der Waals surface area contributed by atoms with E-state index in [1.54, 1.807) is 0 Å². The normalized spacial score (nSPS) is 15.1. The minimum Gasteiger partial charge on any atom is -0.494 e. The second kappa shape index (κ2) is 7.19. The Kier molecular flexibility index (Phi) is 7.10. The quantitative estimate of drug-likeness (QED) is 0.843. The summed E-state index contributed by atoms with van der Waals surface area (Å²) in [6, 6.07) is 9.75. The Morgan fingerprint density at radius 1 is 1.25 bits per heavy atom. The number of aliphatic hydroxyl groups is 1. The van der Waals surface area contributed by atoms with E-state index in [1.807, 2.05) is 44.2 Å². The number of hydrogen-bond acceptors (Lipinski definition) is 1. The number of allylic oxidation sites excluding steroid dienone is 1. The first-order valence-electron chi connectivity index (χ1n) is 5.51. The van der Waals surface area contributed by atoms with Crippen LogP contribution >= 0.6 is 0 Å². The molecule has 0 aliphatic carbocycles. The van der Waals surface area contributed by atoms with Gasteiger partial charge in [0.05, 0.1) is 5.60 Å². The number of hydrogen-bond donors (Lipinski definition) is 1. The SMILES string of the molecule is CC[C-]=C(CC)C(C)(O)c1ccccc1.[Zr]. The van der Waals surface area contributed by atoms with E-state index in [2.05, 4.69) is 13.0 Å². The van der Waals surface area contributed by atoms with Gasteiger partial charge in [0.25, 0.3) is 0 Å². The van der Waals surface area contributed by atoms with E-state index in [1.165, 1.54) is 0 Å². The van der Waals surface area contributed by atoms with Gasteiger partial charge in [-0.1, -0.05) is 50.6 Å². The van der Waals surface area contributed by atoms with Crippen molar-refractivity contribution in [2.24, 2.45) is 0 Å². The van der Waals surface area contributed by atoms with Crippen molar-refractivity contribution in [3.63, 3.8) is 0 Å². The Morgan fingerprint density at radius 2 is 1.81 bits per heavy atom. The molecule has 0 spiro atoms. The van der Waals surface area contributed by atoms with Gasteiger partial charge in [-0.15, -0.1) is 0 Å². The molecule has 0 heterocycles. The summed E-state index contributed by atoms with van der Waals surface area (Å²) < 4.78 is 0. The Hall–Kier alpha value is -0.197. The topological polar surface area (TPSA) is 20.2 Å². The van der Waals surface area contributed by atoms with Crippen molar-refractivity contribution in [2.75, 3.05) is 0 Å². The Labute approximate surface area is 118 Å². The van der Waals surface area contributed by atoms with Crippen LogP contribution in [0.3, 0.4) is 0 Å². The molecule has 1 aromatic carbocycles. The van der Waals surface area contributed by atoms with Gasteiger partial charge in [0.2, 0.25) is 0 Å². The average molecular weight is 295 g/mol. The van der Waals surface area contributed by atoms with Gasteiger partial charge >= 0.3 is 0 Å². The molecule has 1 nitrogen and oxygen atoms in total. The summed E-state index contributed by atoms with van der Waals surface area (Å²) in [7, 11) is 0. The Morgan fingerprint density at radius 3 is 2.25 bits per heavy atom. The van der Waals surface area contributed by atoms with Crippen molar-refractivity contribution in [3.05, 3.63) is 47.5 Å². The summed E-state index contributed by atoms with van der Waals surface area (Å²) in [4.78, 5) is 0. The molecule has 0 aromatic heterocycles. The molecule has 0 saturated heterocycles. The maximum Gasteiger partial charge on any atom is 0.0764 e. The summed E-state index contributed by atoms with van der Waals surface area (Å²) >= 11 is 0. The van der Waals surface area contributed by atoms with Crippen molar-refractivity contribution in [2.45, 2.75) is 39.2 Å². The standard InChI is InChI=1S/C14H19O.Zr/c1-4-9-12(5-2)14(3,15)13-10-7-6-8-11-13;/h6-8,10-11,15H,4-5H2,1-3H3;/q-1;. The van der Waals surface area contributed by atoms with Crippen molar-refractivity contribution >= 4 is 0 Å². The molecule has 16 heavy (non-hydrogen) atoms. The van der Waals surface area contributed by atoms with E-state index in [0.29, 0.717) is 0 Å².